The summed E-state index contributed by atoms with van der Waals surface area (Å²) in [5.74, 6) is 0.817. The van der Waals surface area contributed by atoms with Crippen LogP contribution in [0.5, 0.6) is 0 Å². The van der Waals surface area contributed by atoms with E-state index in [0.29, 0.717) is 11.3 Å². The topological polar surface area (TPSA) is 49.3 Å². The maximum absolute atomic E-state index is 12.7. The minimum atomic E-state index is -0.0654. The third-order valence-corrected chi connectivity index (χ3v) is 4.26. The number of anilines is 1. The normalized spacial score (nSPS) is 16.2. The smallest absolute Gasteiger partial charge is 0.213 e. The molecule has 1 fully saturated rings. The molecule has 0 aromatic carbocycles. The van der Waals surface area contributed by atoms with Gasteiger partial charge in [-0.2, -0.15) is 0 Å². The fourth-order valence-corrected chi connectivity index (χ4v) is 2.86. The minimum absolute atomic E-state index is 0. The molecule has 122 valence electrons. The van der Waals surface area contributed by atoms with Crippen molar-refractivity contribution in [2.75, 3.05) is 38.1 Å². The van der Waals surface area contributed by atoms with Gasteiger partial charge in [-0.3, -0.25) is 9.78 Å². The molecule has 0 bridgehead atoms. The van der Waals surface area contributed by atoms with Crippen LogP contribution in [-0.4, -0.2) is 53.9 Å². The summed E-state index contributed by atoms with van der Waals surface area (Å²) in [7, 11) is 2.14. The summed E-state index contributed by atoms with van der Waals surface area (Å²) < 4.78 is 0. The summed E-state index contributed by atoms with van der Waals surface area (Å²) >= 11 is 0. The summed E-state index contributed by atoms with van der Waals surface area (Å²) in [6.07, 6.45) is 2.81. The Bertz CT molecular complexity index is 707. The Morgan fingerprint density at radius 3 is 2.83 bits per heavy atom. The highest BCUT2D eigenvalue weighted by Gasteiger charge is 2.17. The molecule has 3 heterocycles. The van der Waals surface area contributed by atoms with Crippen molar-refractivity contribution in [3.63, 3.8) is 0 Å². The second-order valence-electron chi connectivity index (χ2n) is 5.99. The average Bonchev–Trinajstić information content (AvgIpc) is 2.79. The Balaban J connectivity index is 0.00000208. The first-order valence-electron chi connectivity index (χ1n) is 8.02. The molecule has 0 saturated carbocycles. The molecule has 2 aromatic heterocycles. The summed E-state index contributed by atoms with van der Waals surface area (Å²) in [5.41, 5.74) is 1.84. The Labute approximate surface area is 138 Å². The summed E-state index contributed by atoms with van der Waals surface area (Å²) in [4.78, 5) is 26.1. The SMILES string of the molecule is Cc1ncccc1C(=O)c1cccc(N2CCCN(C)CC2)n1.[HH]. The van der Waals surface area contributed by atoms with Crippen molar-refractivity contribution in [3.05, 3.63) is 53.5 Å². The first kappa shape index (κ1) is 15.6. The third kappa shape index (κ3) is 3.56. The maximum atomic E-state index is 12.7. The van der Waals surface area contributed by atoms with Crippen molar-refractivity contribution in [1.29, 1.82) is 0 Å². The monoisotopic (exact) mass is 312 g/mol. The molecule has 1 saturated heterocycles. The molecule has 23 heavy (non-hydrogen) atoms. The van der Waals surface area contributed by atoms with E-state index in [1.165, 1.54) is 0 Å². The van der Waals surface area contributed by atoms with Gasteiger partial charge in [-0.1, -0.05) is 6.07 Å². The predicted molar refractivity (Wildman–Crippen MR) is 93.1 cm³/mol. The molecule has 0 atom stereocenters. The van der Waals surface area contributed by atoms with Crippen LogP contribution >= 0.6 is 0 Å². The molecule has 0 radical (unpaired) electrons. The second kappa shape index (κ2) is 6.87. The highest BCUT2D eigenvalue weighted by molar-refractivity contribution is 6.08. The number of rotatable bonds is 3. The zero-order valence-electron chi connectivity index (χ0n) is 13.7. The van der Waals surface area contributed by atoms with Crippen molar-refractivity contribution in [1.82, 2.24) is 14.9 Å². The zero-order valence-corrected chi connectivity index (χ0v) is 13.7. The minimum Gasteiger partial charge on any atom is -0.355 e. The number of nitrogens with zero attached hydrogens (tertiary/aromatic N) is 4. The molecule has 0 N–H and O–H groups in total. The van der Waals surface area contributed by atoms with Gasteiger partial charge < -0.3 is 9.80 Å². The van der Waals surface area contributed by atoms with Crippen LogP contribution in [0.15, 0.2) is 36.5 Å². The number of carbonyl (C=O) groups excluding carboxylic acids is 1. The van der Waals surface area contributed by atoms with Crippen LogP contribution in [0.2, 0.25) is 0 Å². The summed E-state index contributed by atoms with van der Waals surface area (Å²) in [5, 5.41) is 0. The summed E-state index contributed by atoms with van der Waals surface area (Å²) in [6.45, 7) is 5.88. The molecular formula is C18H24N4O. The van der Waals surface area contributed by atoms with E-state index in [9.17, 15) is 4.79 Å². The highest BCUT2D eigenvalue weighted by Crippen LogP contribution is 2.17. The third-order valence-electron chi connectivity index (χ3n) is 4.26. The standard InChI is InChI=1S/C18H22N4O.H2/c1-14-15(6-4-9-19-14)18(23)16-7-3-8-17(20-16)22-11-5-10-21(2)12-13-22;/h3-4,6-9H,5,10-13H2,1-2H3;1H. The lowest BCUT2D eigenvalue weighted by Crippen LogP contribution is -2.29. The van der Waals surface area contributed by atoms with Gasteiger partial charge in [-0.25, -0.2) is 4.98 Å². The molecule has 5 nitrogen and oxygen atoms in total. The molecule has 0 spiro atoms. The van der Waals surface area contributed by atoms with Crippen LogP contribution in [0, 0.1) is 6.92 Å². The van der Waals surface area contributed by atoms with Crippen LogP contribution in [0.3, 0.4) is 0 Å². The van der Waals surface area contributed by atoms with Crippen LogP contribution in [-0.2, 0) is 0 Å². The molecule has 5 heteroatoms. The Morgan fingerprint density at radius 2 is 2.00 bits per heavy atom. The second-order valence-corrected chi connectivity index (χ2v) is 5.99. The molecule has 0 aliphatic carbocycles. The number of hydrogen-bond donors (Lipinski definition) is 0. The van der Waals surface area contributed by atoms with E-state index in [1.807, 2.05) is 19.1 Å². The molecular weight excluding hydrogens is 288 g/mol. The lowest BCUT2D eigenvalue weighted by molar-refractivity contribution is 0.103. The van der Waals surface area contributed by atoms with Crippen LogP contribution < -0.4 is 4.90 Å². The molecule has 2 aromatic rings. The number of pyridine rings is 2. The van der Waals surface area contributed by atoms with Gasteiger partial charge >= 0.3 is 0 Å². The van der Waals surface area contributed by atoms with Gasteiger partial charge in [0.1, 0.15) is 11.5 Å². The Hall–Kier alpha value is -2.27. The van der Waals surface area contributed by atoms with Crippen molar-refractivity contribution in [3.8, 4) is 0 Å². The number of ketones is 1. The quantitative estimate of drug-likeness (QED) is 0.815. The number of aryl methyl sites for hydroxylation is 1. The Morgan fingerprint density at radius 1 is 1.13 bits per heavy atom. The zero-order chi connectivity index (χ0) is 16.2. The van der Waals surface area contributed by atoms with E-state index in [-0.39, 0.29) is 7.21 Å². The lowest BCUT2D eigenvalue weighted by atomic mass is 10.1. The van der Waals surface area contributed by atoms with Crippen molar-refractivity contribution < 1.29 is 6.22 Å². The van der Waals surface area contributed by atoms with Gasteiger partial charge in [-0.15, -0.1) is 0 Å². The van der Waals surface area contributed by atoms with Crippen LogP contribution in [0.25, 0.3) is 0 Å². The van der Waals surface area contributed by atoms with E-state index in [1.54, 1.807) is 24.4 Å². The lowest BCUT2D eigenvalue weighted by Gasteiger charge is -2.22. The largest absolute Gasteiger partial charge is 0.355 e. The first-order chi connectivity index (χ1) is 11.1. The van der Waals surface area contributed by atoms with Gasteiger partial charge in [0.2, 0.25) is 5.78 Å². The maximum Gasteiger partial charge on any atom is 0.213 e. The number of likely N-dealkylation sites (N-methyl/N-ethyl adjacent to an activating group) is 1. The predicted octanol–water partition coefficient (Wildman–Crippen LogP) is 2.40. The van der Waals surface area contributed by atoms with Crippen LogP contribution in [0.4, 0.5) is 5.82 Å². The Kier molecular flexibility index (Phi) is 4.67. The van der Waals surface area contributed by atoms with Gasteiger partial charge in [0.15, 0.2) is 0 Å². The molecule has 1 aliphatic rings. The van der Waals surface area contributed by atoms with Crippen molar-refractivity contribution >= 4 is 11.6 Å². The van der Waals surface area contributed by atoms with E-state index < -0.39 is 0 Å². The van der Waals surface area contributed by atoms with E-state index in [2.05, 4.69) is 26.8 Å². The fourth-order valence-electron chi connectivity index (χ4n) is 2.86. The molecule has 0 unspecified atom stereocenters. The number of aromatic nitrogens is 2. The van der Waals surface area contributed by atoms with Gasteiger partial charge in [0, 0.05) is 38.5 Å². The van der Waals surface area contributed by atoms with Crippen molar-refractivity contribution in [2.45, 2.75) is 13.3 Å². The summed E-state index contributed by atoms with van der Waals surface area (Å²) in [6, 6.07) is 9.27. The van der Waals surface area contributed by atoms with Gasteiger partial charge in [0.05, 0.1) is 0 Å². The number of hydrogen-bond acceptors (Lipinski definition) is 5. The van der Waals surface area contributed by atoms with Crippen molar-refractivity contribution in [2.24, 2.45) is 0 Å². The molecule has 3 rings (SSSR count). The van der Waals surface area contributed by atoms with E-state index in [0.717, 1.165) is 44.1 Å². The highest BCUT2D eigenvalue weighted by atomic mass is 16.1. The first-order valence-corrected chi connectivity index (χ1v) is 8.02. The van der Waals surface area contributed by atoms with Gasteiger partial charge in [-0.05, 0) is 51.2 Å². The average molecular weight is 312 g/mol. The molecule has 0 amide bonds. The van der Waals surface area contributed by atoms with Crippen LogP contribution in [0.1, 0.15) is 29.6 Å². The van der Waals surface area contributed by atoms with Gasteiger partial charge in [0.25, 0.3) is 0 Å². The van der Waals surface area contributed by atoms with E-state index in [4.69, 9.17) is 0 Å². The number of carbonyl (C=O) groups is 1. The molecule has 1 aliphatic heterocycles. The fraction of sp³-hybridized carbons (Fsp3) is 0.389. The van der Waals surface area contributed by atoms with E-state index >= 15 is 0 Å².